The monoisotopic (exact) mass is 311 g/mol. The van der Waals surface area contributed by atoms with Crippen LogP contribution in [0, 0.1) is 0 Å². The average molecular weight is 311 g/mol. The van der Waals surface area contributed by atoms with Gasteiger partial charge < -0.3 is 9.52 Å². The maximum absolute atomic E-state index is 12.6. The number of hydrogen-bond acceptors (Lipinski definition) is 3. The lowest BCUT2D eigenvalue weighted by atomic mass is 10.1. The molecule has 3 nitrogen and oxygen atoms in total. The van der Waals surface area contributed by atoms with Crippen LogP contribution in [0.5, 0.6) is 5.95 Å². The Bertz CT molecular complexity index is 603. The van der Waals surface area contributed by atoms with Gasteiger partial charge in [-0.25, -0.2) is 4.98 Å². The Kier molecular flexibility index (Phi) is 3.60. The van der Waals surface area contributed by atoms with E-state index in [2.05, 4.69) is 9.40 Å². The van der Waals surface area contributed by atoms with Crippen molar-refractivity contribution in [1.82, 2.24) is 4.98 Å². The zero-order valence-electron chi connectivity index (χ0n) is 10.0. The van der Waals surface area contributed by atoms with Crippen LogP contribution in [0.4, 0.5) is 26.3 Å². The molecule has 1 aromatic carbocycles. The van der Waals surface area contributed by atoms with Gasteiger partial charge in [-0.05, 0) is 12.1 Å². The van der Waals surface area contributed by atoms with Crippen LogP contribution in [0.1, 0.15) is 11.6 Å². The molecule has 1 heterocycles. The van der Waals surface area contributed by atoms with Gasteiger partial charge in [0.1, 0.15) is 5.69 Å². The lowest BCUT2D eigenvalue weighted by molar-refractivity contribution is -0.254. The van der Waals surface area contributed by atoms with E-state index in [1.807, 2.05) is 0 Å². The molecular formula is C12H7F6NO2. The first-order valence-corrected chi connectivity index (χ1v) is 5.49. The average Bonchev–Trinajstić information content (AvgIpc) is 2.69. The van der Waals surface area contributed by atoms with Crippen LogP contribution in [0.15, 0.2) is 34.7 Å². The predicted octanol–water partition coefficient (Wildman–Crippen LogP) is 4.26. The lowest BCUT2D eigenvalue weighted by Gasteiger charge is -2.20. The number of nitrogens with zero attached hydrogens (tertiary/aromatic N) is 1. The Morgan fingerprint density at radius 3 is 1.95 bits per heavy atom. The van der Waals surface area contributed by atoms with Crippen molar-refractivity contribution in [2.45, 2.75) is 18.3 Å². The SMILES string of the molecule is Oc1oc(-c2ccccc2)nc1C(C(F)(F)F)C(F)(F)F. The Balaban J connectivity index is 2.51. The van der Waals surface area contributed by atoms with E-state index in [0.717, 1.165) is 0 Å². The quantitative estimate of drug-likeness (QED) is 0.843. The highest BCUT2D eigenvalue weighted by Crippen LogP contribution is 2.49. The molecule has 2 aromatic rings. The van der Waals surface area contributed by atoms with Gasteiger partial charge in [0.25, 0.3) is 0 Å². The summed E-state index contributed by atoms with van der Waals surface area (Å²) in [5, 5.41) is 9.26. The Labute approximate surface area is 113 Å². The molecule has 0 fully saturated rings. The third kappa shape index (κ3) is 3.11. The summed E-state index contributed by atoms with van der Waals surface area (Å²) in [5.41, 5.74) is -1.46. The number of aromatic nitrogens is 1. The van der Waals surface area contributed by atoms with E-state index in [9.17, 15) is 31.4 Å². The molecule has 0 saturated carbocycles. The van der Waals surface area contributed by atoms with Gasteiger partial charge in [-0.2, -0.15) is 26.3 Å². The second-order valence-corrected chi connectivity index (χ2v) is 4.09. The first-order valence-electron chi connectivity index (χ1n) is 5.49. The molecule has 0 aliphatic heterocycles. The molecule has 1 aromatic heterocycles. The number of benzene rings is 1. The molecular weight excluding hydrogens is 304 g/mol. The Morgan fingerprint density at radius 1 is 0.952 bits per heavy atom. The number of oxazole rings is 1. The maximum Gasteiger partial charge on any atom is 0.406 e. The van der Waals surface area contributed by atoms with E-state index in [1.54, 1.807) is 6.07 Å². The van der Waals surface area contributed by atoms with Crippen LogP contribution in [0.3, 0.4) is 0 Å². The van der Waals surface area contributed by atoms with Crippen molar-refractivity contribution < 1.29 is 35.9 Å². The summed E-state index contributed by atoms with van der Waals surface area (Å²) in [6, 6.07) is 7.29. The minimum Gasteiger partial charge on any atom is -0.479 e. The van der Waals surface area contributed by atoms with Crippen LogP contribution in [-0.2, 0) is 0 Å². The normalized spacial score (nSPS) is 12.9. The van der Waals surface area contributed by atoms with Crippen LogP contribution < -0.4 is 0 Å². The number of alkyl halides is 6. The summed E-state index contributed by atoms with van der Waals surface area (Å²) < 4.78 is 80.0. The molecule has 0 radical (unpaired) electrons. The van der Waals surface area contributed by atoms with Crippen molar-refractivity contribution in [2.75, 3.05) is 0 Å². The van der Waals surface area contributed by atoms with Gasteiger partial charge in [-0.1, -0.05) is 18.2 Å². The summed E-state index contributed by atoms with van der Waals surface area (Å²) >= 11 is 0. The standard InChI is InChI=1S/C12H7F6NO2/c13-11(14,15)8(12(16,17)18)7-10(20)21-9(19-7)6-4-2-1-3-5-6/h1-5,8,20H. The van der Waals surface area contributed by atoms with Crippen LogP contribution in [-0.4, -0.2) is 22.4 Å². The van der Waals surface area contributed by atoms with Crippen molar-refractivity contribution in [3.8, 4) is 17.4 Å². The second-order valence-electron chi connectivity index (χ2n) is 4.09. The summed E-state index contributed by atoms with van der Waals surface area (Å²) in [6.45, 7) is 0. The van der Waals surface area contributed by atoms with Crippen LogP contribution >= 0.6 is 0 Å². The topological polar surface area (TPSA) is 46.3 Å². The molecule has 0 amide bonds. The molecule has 0 atom stereocenters. The van der Waals surface area contributed by atoms with E-state index in [4.69, 9.17) is 0 Å². The fourth-order valence-corrected chi connectivity index (χ4v) is 1.71. The maximum atomic E-state index is 12.6. The van der Waals surface area contributed by atoms with Crippen LogP contribution in [0.25, 0.3) is 11.5 Å². The highest BCUT2D eigenvalue weighted by atomic mass is 19.4. The zero-order chi connectivity index (χ0) is 15.8. The third-order valence-corrected chi connectivity index (χ3v) is 2.58. The predicted molar refractivity (Wildman–Crippen MR) is 58.5 cm³/mol. The molecule has 0 saturated heterocycles. The fourth-order valence-electron chi connectivity index (χ4n) is 1.71. The van der Waals surface area contributed by atoms with E-state index in [1.165, 1.54) is 24.3 Å². The molecule has 0 aliphatic carbocycles. The Morgan fingerprint density at radius 2 is 1.48 bits per heavy atom. The first kappa shape index (κ1) is 15.2. The molecule has 0 spiro atoms. The van der Waals surface area contributed by atoms with Gasteiger partial charge in [-0.3, -0.25) is 0 Å². The van der Waals surface area contributed by atoms with Crippen molar-refractivity contribution in [3.05, 3.63) is 36.0 Å². The molecule has 21 heavy (non-hydrogen) atoms. The largest absolute Gasteiger partial charge is 0.479 e. The van der Waals surface area contributed by atoms with Gasteiger partial charge in [0.15, 0.2) is 5.92 Å². The van der Waals surface area contributed by atoms with E-state index in [0.29, 0.717) is 0 Å². The summed E-state index contributed by atoms with van der Waals surface area (Å²) in [7, 11) is 0. The van der Waals surface area contributed by atoms with E-state index in [-0.39, 0.29) is 5.56 Å². The highest BCUT2D eigenvalue weighted by Gasteiger charge is 2.60. The lowest BCUT2D eigenvalue weighted by Crippen LogP contribution is -2.34. The zero-order valence-corrected chi connectivity index (χ0v) is 10.0. The van der Waals surface area contributed by atoms with E-state index < -0.39 is 35.8 Å². The van der Waals surface area contributed by atoms with Gasteiger partial charge in [-0.15, -0.1) is 0 Å². The summed E-state index contributed by atoms with van der Waals surface area (Å²) in [4.78, 5) is 3.16. The number of hydrogen-bond donors (Lipinski definition) is 1. The van der Waals surface area contributed by atoms with Gasteiger partial charge >= 0.3 is 18.3 Å². The van der Waals surface area contributed by atoms with Gasteiger partial charge in [0, 0.05) is 5.56 Å². The Hall–Kier alpha value is -2.19. The number of rotatable bonds is 2. The highest BCUT2D eigenvalue weighted by molar-refractivity contribution is 5.54. The minimum atomic E-state index is -5.65. The van der Waals surface area contributed by atoms with E-state index >= 15 is 0 Å². The fraction of sp³-hybridized carbons (Fsp3) is 0.250. The number of halogens is 6. The van der Waals surface area contributed by atoms with Crippen molar-refractivity contribution in [3.63, 3.8) is 0 Å². The second kappa shape index (κ2) is 4.97. The van der Waals surface area contributed by atoms with Crippen molar-refractivity contribution in [2.24, 2.45) is 0 Å². The smallest absolute Gasteiger partial charge is 0.406 e. The molecule has 114 valence electrons. The van der Waals surface area contributed by atoms with Gasteiger partial charge in [0.2, 0.25) is 5.89 Å². The molecule has 2 rings (SSSR count). The van der Waals surface area contributed by atoms with Gasteiger partial charge in [0.05, 0.1) is 0 Å². The van der Waals surface area contributed by atoms with Crippen molar-refractivity contribution in [1.29, 1.82) is 0 Å². The molecule has 0 unspecified atom stereocenters. The third-order valence-electron chi connectivity index (χ3n) is 2.58. The summed E-state index contributed by atoms with van der Waals surface area (Å²) in [6.07, 6.45) is -11.3. The molecule has 1 N–H and O–H groups in total. The van der Waals surface area contributed by atoms with Crippen LogP contribution in [0.2, 0.25) is 0 Å². The number of aromatic hydroxyl groups is 1. The molecule has 9 heteroatoms. The summed E-state index contributed by atoms with van der Waals surface area (Å²) in [5.74, 6) is -5.94. The van der Waals surface area contributed by atoms with Crippen molar-refractivity contribution >= 4 is 0 Å². The molecule has 0 aliphatic rings. The minimum absolute atomic E-state index is 0.141. The molecule has 0 bridgehead atoms. The first-order chi connectivity index (χ1) is 9.60.